The molecule has 1 rings (SSSR count). The lowest BCUT2D eigenvalue weighted by Gasteiger charge is -2.07. The van der Waals surface area contributed by atoms with Crippen molar-refractivity contribution in [2.75, 3.05) is 12.9 Å². The molecule has 0 saturated heterocycles. The molecule has 1 unspecified atom stereocenters. The van der Waals surface area contributed by atoms with Crippen LogP contribution >= 0.6 is 21.6 Å². The van der Waals surface area contributed by atoms with E-state index >= 15 is 0 Å². The topological polar surface area (TPSA) is 63.9 Å². The predicted octanol–water partition coefficient (Wildman–Crippen LogP) is 1.90. The number of hydrogen-bond donors (Lipinski definition) is 0. The monoisotopic (exact) mass is 267 g/mol. The number of hydrogen-bond acceptors (Lipinski definition) is 7. The fourth-order valence-electron chi connectivity index (χ4n) is 0.920. The molecule has 0 saturated carbocycles. The van der Waals surface area contributed by atoms with E-state index in [9.17, 15) is 4.79 Å². The highest BCUT2D eigenvalue weighted by atomic mass is 33.1. The van der Waals surface area contributed by atoms with Crippen LogP contribution < -0.4 is 0 Å². The lowest BCUT2D eigenvalue weighted by Crippen LogP contribution is -2.22. The van der Waals surface area contributed by atoms with Crippen molar-refractivity contribution in [3.8, 4) is 0 Å². The summed E-state index contributed by atoms with van der Waals surface area (Å²) < 4.78 is 4.58. The van der Waals surface area contributed by atoms with Gasteiger partial charge in [0.2, 0.25) is 0 Å². The molecule has 0 fully saturated rings. The molecule has 5 nitrogen and oxygen atoms in total. The van der Waals surface area contributed by atoms with Crippen LogP contribution in [0.4, 0.5) is 0 Å². The SMILES string of the molecule is [B]N=NC(CSSc1ccccn1)C(=O)OC. The number of esters is 1. The van der Waals surface area contributed by atoms with Crippen molar-refractivity contribution in [1.29, 1.82) is 0 Å². The highest BCUT2D eigenvalue weighted by Crippen LogP contribution is 2.30. The summed E-state index contributed by atoms with van der Waals surface area (Å²) in [5.74, 6) is -0.0254. The summed E-state index contributed by atoms with van der Waals surface area (Å²) in [6.07, 6.45) is 1.71. The number of pyridine rings is 1. The van der Waals surface area contributed by atoms with Crippen LogP contribution in [0.1, 0.15) is 0 Å². The van der Waals surface area contributed by atoms with Crippen molar-refractivity contribution in [2.45, 2.75) is 11.1 Å². The molecule has 2 radical (unpaired) electrons. The van der Waals surface area contributed by atoms with E-state index < -0.39 is 12.0 Å². The fraction of sp³-hybridized carbons (Fsp3) is 0.333. The van der Waals surface area contributed by atoms with Gasteiger partial charge in [-0.05, 0) is 22.9 Å². The minimum Gasteiger partial charge on any atom is -0.467 e. The minimum atomic E-state index is -0.675. The molecule has 88 valence electrons. The second-order valence-electron chi connectivity index (χ2n) is 2.81. The Morgan fingerprint density at radius 2 is 2.47 bits per heavy atom. The van der Waals surface area contributed by atoms with Gasteiger partial charge in [0.1, 0.15) is 5.03 Å². The van der Waals surface area contributed by atoms with Crippen LogP contribution in [0.3, 0.4) is 0 Å². The summed E-state index contributed by atoms with van der Waals surface area (Å²) in [5.41, 5.74) is 0. The van der Waals surface area contributed by atoms with E-state index in [4.69, 9.17) is 7.98 Å². The Bertz CT molecular complexity index is 378. The molecule has 0 spiro atoms. The molecule has 17 heavy (non-hydrogen) atoms. The van der Waals surface area contributed by atoms with E-state index in [2.05, 4.69) is 19.9 Å². The van der Waals surface area contributed by atoms with Crippen LogP contribution in [0.5, 0.6) is 0 Å². The van der Waals surface area contributed by atoms with Crippen LogP contribution in [0.25, 0.3) is 0 Å². The normalized spacial score (nSPS) is 12.5. The second kappa shape index (κ2) is 8.13. The maximum atomic E-state index is 11.3. The van der Waals surface area contributed by atoms with Crippen LogP contribution in [0.15, 0.2) is 39.6 Å². The van der Waals surface area contributed by atoms with Gasteiger partial charge in [0.05, 0.1) is 7.11 Å². The van der Waals surface area contributed by atoms with Gasteiger partial charge in [-0.25, -0.2) is 9.78 Å². The van der Waals surface area contributed by atoms with E-state index in [0.717, 1.165) is 5.03 Å². The summed E-state index contributed by atoms with van der Waals surface area (Å²) in [4.78, 5) is 15.4. The maximum absolute atomic E-state index is 11.3. The average Bonchev–Trinajstić information content (AvgIpc) is 2.38. The lowest BCUT2D eigenvalue weighted by atomic mass is 10.4. The number of rotatable bonds is 6. The van der Waals surface area contributed by atoms with E-state index in [-0.39, 0.29) is 0 Å². The Kier molecular flexibility index (Phi) is 6.72. The van der Waals surface area contributed by atoms with Crippen molar-refractivity contribution in [1.82, 2.24) is 4.98 Å². The van der Waals surface area contributed by atoms with Gasteiger partial charge in [0, 0.05) is 11.9 Å². The Morgan fingerprint density at radius 3 is 3.06 bits per heavy atom. The minimum absolute atomic E-state index is 0.425. The van der Waals surface area contributed by atoms with Crippen LogP contribution in [0.2, 0.25) is 0 Å². The summed E-state index contributed by atoms with van der Waals surface area (Å²) in [6.45, 7) is 0. The summed E-state index contributed by atoms with van der Waals surface area (Å²) in [7, 11) is 9.13. The summed E-state index contributed by atoms with van der Waals surface area (Å²) in [5, 5.41) is 7.58. The third-order valence-electron chi connectivity index (χ3n) is 1.69. The molecule has 8 heteroatoms. The Labute approximate surface area is 109 Å². The average molecular weight is 267 g/mol. The number of carbonyl (C=O) groups is 1. The van der Waals surface area contributed by atoms with E-state index in [1.54, 1.807) is 6.20 Å². The first kappa shape index (κ1) is 14.0. The van der Waals surface area contributed by atoms with Gasteiger partial charge in [-0.2, -0.15) is 5.11 Å². The molecule has 0 N–H and O–H groups in total. The zero-order chi connectivity index (χ0) is 12.5. The van der Waals surface area contributed by atoms with Crippen LogP contribution in [0, 0.1) is 0 Å². The Balaban J connectivity index is 2.40. The standard InChI is InChI=1S/C9H10BN3O2S2/c1-15-9(14)7(12-13-10)6-16-17-8-4-2-3-5-11-8/h2-5,7H,6H2,1H3. The number of nitrogens with zero attached hydrogens (tertiary/aromatic N) is 3. The van der Waals surface area contributed by atoms with Gasteiger partial charge in [0.25, 0.3) is 7.98 Å². The number of methoxy groups -OCH3 is 1. The van der Waals surface area contributed by atoms with Gasteiger partial charge in [-0.1, -0.05) is 16.9 Å². The molecular formula is C9H10BN3O2S2. The van der Waals surface area contributed by atoms with Gasteiger partial charge in [-0.3, -0.25) is 5.03 Å². The van der Waals surface area contributed by atoms with Crippen molar-refractivity contribution >= 4 is 35.5 Å². The summed E-state index contributed by atoms with van der Waals surface area (Å²) in [6, 6.07) is 4.95. The first-order chi connectivity index (χ1) is 8.27. The first-order valence-electron chi connectivity index (χ1n) is 4.66. The molecule has 1 heterocycles. The molecule has 0 aromatic carbocycles. The highest BCUT2D eigenvalue weighted by Gasteiger charge is 2.18. The molecule has 1 aromatic heterocycles. The third kappa shape index (κ3) is 5.23. The van der Waals surface area contributed by atoms with E-state index in [1.807, 2.05) is 18.2 Å². The molecular weight excluding hydrogens is 257 g/mol. The van der Waals surface area contributed by atoms with E-state index in [1.165, 1.54) is 28.7 Å². The Hall–Kier alpha value is -1.02. The number of aromatic nitrogens is 1. The van der Waals surface area contributed by atoms with Gasteiger partial charge in [0.15, 0.2) is 6.04 Å². The summed E-state index contributed by atoms with van der Waals surface area (Å²) >= 11 is 0. The highest BCUT2D eigenvalue weighted by molar-refractivity contribution is 8.76. The molecule has 0 aliphatic heterocycles. The van der Waals surface area contributed by atoms with Crippen molar-refractivity contribution < 1.29 is 9.53 Å². The predicted molar refractivity (Wildman–Crippen MR) is 69.0 cm³/mol. The zero-order valence-corrected chi connectivity index (χ0v) is 10.8. The maximum Gasteiger partial charge on any atom is 0.333 e. The lowest BCUT2D eigenvalue weighted by molar-refractivity contribution is -0.141. The molecule has 1 atom stereocenters. The Morgan fingerprint density at radius 1 is 1.65 bits per heavy atom. The zero-order valence-electron chi connectivity index (χ0n) is 9.15. The second-order valence-corrected chi connectivity index (χ2v) is 5.17. The van der Waals surface area contributed by atoms with Crippen molar-refractivity contribution in [3.05, 3.63) is 24.4 Å². The fourth-order valence-corrected chi connectivity index (χ4v) is 2.93. The van der Waals surface area contributed by atoms with Crippen LogP contribution in [-0.4, -0.2) is 37.8 Å². The molecule has 0 aliphatic rings. The van der Waals surface area contributed by atoms with Crippen molar-refractivity contribution in [3.63, 3.8) is 0 Å². The van der Waals surface area contributed by atoms with Gasteiger partial charge >= 0.3 is 5.97 Å². The van der Waals surface area contributed by atoms with Gasteiger partial charge < -0.3 is 4.74 Å². The quantitative estimate of drug-likeness (QED) is 0.341. The molecule has 1 aromatic rings. The third-order valence-corrected chi connectivity index (χ3v) is 3.94. The van der Waals surface area contributed by atoms with Crippen molar-refractivity contribution in [2.24, 2.45) is 10.1 Å². The number of ether oxygens (including phenoxy) is 1. The van der Waals surface area contributed by atoms with E-state index in [0.29, 0.717) is 5.75 Å². The first-order valence-corrected chi connectivity index (χ1v) is 6.98. The van der Waals surface area contributed by atoms with Gasteiger partial charge in [-0.15, -0.1) is 0 Å². The molecule has 0 amide bonds. The van der Waals surface area contributed by atoms with Crippen LogP contribution in [-0.2, 0) is 9.53 Å². The molecule has 0 bridgehead atoms. The largest absolute Gasteiger partial charge is 0.467 e. The number of carbonyl (C=O) groups excluding carboxylic acids is 1. The smallest absolute Gasteiger partial charge is 0.333 e. The molecule has 0 aliphatic carbocycles.